The molecule has 0 radical (unpaired) electrons. The Morgan fingerprint density at radius 3 is 2.21 bits per heavy atom. The number of carbonyl (C=O) groups excluding carboxylic acids is 1. The van der Waals surface area contributed by atoms with Gasteiger partial charge in [-0.25, -0.2) is 4.99 Å². The zero-order chi connectivity index (χ0) is 19.9. The number of hydrogen-bond acceptors (Lipinski definition) is 2. The second kappa shape index (κ2) is 9.60. The molecule has 4 nitrogen and oxygen atoms in total. The number of nitrogens with one attached hydrogen (secondary N) is 2. The van der Waals surface area contributed by atoms with Gasteiger partial charge in [0.1, 0.15) is 0 Å². The van der Waals surface area contributed by atoms with Gasteiger partial charge in [-0.1, -0.05) is 65.1 Å². The first kappa shape index (κ1) is 20.2. The summed E-state index contributed by atoms with van der Waals surface area (Å²) in [7, 11) is 0. The van der Waals surface area contributed by atoms with Crippen LogP contribution in [0.15, 0.2) is 77.8 Å². The van der Waals surface area contributed by atoms with E-state index in [-0.39, 0.29) is 5.02 Å². The lowest BCUT2D eigenvalue weighted by molar-refractivity contribution is 0.0977. The first-order chi connectivity index (χ1) is 13.5. The molecule has 142 valence electrons. The van der Waals surface area contributed by atoms with Crippen molar-refractivity contribution < 1.29 is 4.79 Å². The number of halogens is 3. The van der Waals surface area contributed by atoms with Crippen molar-refractivity contribution in [1.29, 1.82) is 0 Å². The largest absolute Gasteiger partial charge is 0.326 e. The lowest BCUT2D eigenvalue weighted by Crippen LogP contribution is -2.36. The molecular weight excluding hydrogens is 417 g/mol. The molecule has 0 unspecified atom stereocenters. The van der Waals surface area contributed by atoms with Gasteiger partial charge in [0.25, 0.3) is 5.91 Å². The summed E-state index contributed by atoms with van der Waals surface area (Å²) in [6, 6.07) is 21.5. The van der Waals surface area contributed by atoms with Crippen LogP contribution in [0.5, 0.6) is 0 Å². The van der Waals surface area contributed by atoms with Gasteiger partial charge < -0.3 is 5.32 Å². The number of benzene rings is 3. The van der Waals surface area contributed by atoms with Gasteiger partial charge in [0.15, 0.2) is 0 Å². The average Bonchev–Trinajstić information content (AvgIpc) is 2.68. The summed E-state index contributed by atoms with van der Waals surface area (Å²) in [6.45, 7) is 0.394. The van der Waals surface area contributed by atoms with Gasteiger partial charge in [0.05, 0.1) is 17.1 Å². The maximum Gasteiger partial charge on any atom is 0.259 e. The molecule has 0 saturated heterocycles. The molecule has 3 aromatic rings. The van der Waals surface area contributed by atoms with Crippen LogP contribution in [0, 0.1) is 0 Å². The molecule has 0 saturated carbocycles. The van der Waals surface area contributed by atoms with E-state index in [2.05, 4.69) is 15.6 Å². The molecule has 3 aromatic carbocycles. The molecule has 28 heavy (non-hydrogen) atoms. The third-order valence-corrected chi connectivity index (χ3v) is 4.58. The van der Waals surface area contributed by atoms with E-state index in [1.807, 2.05) is 30.3 Å². The minimum atomic E-state index is -0.394. The molecule has 1 amide bonds. The maximum atomic E-state index is 12.7. The zero-order valence-electron chi connectivity index (χ0n) is 14.6. The number of anilines is 1. The lowest BCUT2D eigenvalue weighted by Gasteiger charge is -2.13. The maximum absolute atomic E-state index is 12.7. The van der Waals surface area contributed by atoms with Crippen LogP contribution in [0.2, 0.25) is 15.1 Å². The number of carbonyl (C=O) groups is 1. The second-order valence-corrected chi connectivity index (χ2v) is 7.14. The fourth-order valence-electron chi connectivity index (χ4n) is 2.38. The van der Waals surface area contributed by atoms with Crippen LogP contribution in [-0.4, -0.2) is 11.9 Å². The first-order valence-corrected chi connectivity index (χ1v) is 9.52. The van der Waals surface area contributed by atoms with Crippen LogP contribution in [0.25, 0.3) is 0 Å². The molecule has 0 heterocycles. The van der Waals surface area contributed by atoms with Crippen molar-refractivity contribution in [2.75, 3.05) is 5.32 Å². The monoisotopic (exact) mass is 431 g/mol. The summed E-state index contributed by atoms with van der Waals surface area (Å²) >= 11 is 18.0. The SMILES string of the molecule is O=C(NC(=NCc1ccccc1)Nc1ccc(Cl)cc1)c1ccc(Cl)cc1Cl. The highest BCUT2D eigenvalue weighted by Crippen LogP contribution is 2.21. The standard InChI is InChI=1S/C21H16Cl3N3O/c22-15-6-9-17(10-7-15)26-21(25-13-14-4-2-1-3-5-14)27-20(28)18-11-8-16(23)12-19(18)24/h1-12H,13H2,(H2,25,26,27,28). The van der Waals surface area contributed by atoms with E-state index < -0.39 is 5.91 Å². The van der Waals surface area contributed by atoms with E-state index in [9.17, 15) is 4.79 Å². The van der Waals surface area contributed by atoms with E-state index in [1.165, 1.54) is 6.07 Å². The highest BCUT2D eigenvalue weighted by Gasteiger charge is 2.13. The molecule has 0 atom stereocenters. The zero-order valence-corrected chi connectivity index (χ0v) is 16.9. The lowest BCUT2D eigenvalue weighted by atomic mass is 10.2. The summed E-state index contributed by atoms with van der Waals surface area (Å²) in [5, 5.41) is 7.20. The third kappa shape index (κ3) is 5.73. The van der Waals surface area contributed by atoms with Crippen molar-refractivity contribution in [2.45, 2.75) is 6.54 Å². The van der Waals surface area contributed by atoms with Crippen molar-refractivity contribution in [1.82, 2.24) is 5.32 Å². The Morgan fingerprint density at radius 2 is 1.54 bits per heavy atom. The van der Waals surface area contributed by atoms with Crippen molar-refractivity contribution >= 4 is 52.4 Å². The quantitative estimate of drug-likeness (QED) is 0.390. The first-order valence-electron chi connectivity index (χ1n) is 8.38. The molecule has 0 aliphatic heterocycles. The van der Waals surface area contributed by atoms with Crippen LogP contribution >= 0.6 is 34.8 Å². The number of nitrogens with zero attached hydrogens (tertiary/aromatic N) is 1. The number of rotatable bonds is 4. The van der Waals surface area contributed by atoms with Gasteiger partial charge in [-0.05, 0) is 48.0 Å². The predicted octanol–water partition coefficient (Wildman–Crippen LogP) is 6.04. The smallest absolute Gasteiger partial charge is 0.259 e. The summed E-state index contributed by atoms with van der Waals surface area (Å²) in [4.78, 5) is 17.2. The molecule has 0 aliphatic rings. The van der Waals surface area contributed by atoms with E-state index in [4.69, 9.17) is 34.8 Å². The van der Waals surface area contributed by atoms with E-state index in [0.29, 0.717) is 28.1 Å². The van der Waals surface area contributed by atoms with Crippen molar-refractivity contribution in [2.24, 2.45) is 4.99 Å². The Hall–Kier alpha value is -2.53. The number of amides is 1. The summed E-state index contributed by atoms with van der Waals surface area (Å²) < 4.78 is 0. The van der Waals surface area contributed by atoms with Crippen molar-refractivity contribution in [3.63, 3.8) is 0 Å². The fraction of sp³-hybridized carbons (Fsp3) is 0.0476. The fourth-order valence-corrected chi connectivity index (χ4v) is 3.00. The van der Waals surface area contributed by atoms with Crippen LogP contribution in [0.1, 0.15) is 15.9 Å². The average molecular weight is 433 g/mol. The van der Waals surface area contributed by atoms with Gasteiger partial charge in [-0.3, -0.25) is 10.1 Å². The van der Waals surface area contributed by atoms with Gasteiger partial charge in [0.2, 0.25) is 5.96 Å². The summed E-state index contributed by atoms with van der Waals surface area (Å²) in [5.41, 5.74) is 2.05. The topological polar surface area (TPSA) is 53.5 Å². The second-order valence-electron chi connectivity index (χ2n) is 5.86. The molecule has 0 aromatic heterocycles. The predicted molar refractivity (Wildman–Crippen MR) is 117 cm³/mol. The van der Waals surface area contributed by atoms with Gasteiger partial charge in [0, 0.05) is 15.7 Å². The molecule has 0 aliphatic carbocycles. The van der Waals surface area contributed by atoms with Crippen LogP contribution < -0.4 is 10.6 Å². The Morgan fingerprint density at radius 1 is 0.857 bits per heavy atom. The molecule has 3 rings (SSSR count). The molecule has 2 N–H and O–H groups in total. The van der Waals surface area contributed by atoms with Crippen molar-refractivity contribution in [3.05, 3.63) is 99.0 Å². The van der Waals surface area contributed by atoms with Crippen LogP contribution in [-0.2, 0) is 6.54 Å². The van der Waals surface area contributed by atoms with E-state index >= 15 is 0 Å². The Kier molecular flexibility index (Phi) is 6.93. The normalized spacial score (nSPS) is 11.2. The summed E-state index contributed by atoms with van der Waals surface area (Å²) in [6.07, 6.45) is 0. The van der Waals surface area contributed by atoms with Crippen molar-refractivity contribution in [3.8, 4) is 0 Å². The third-order valence-electron chi connectivity index (χ3n) is 3.78. The molecule has 0 fully saturated rings. The van der Waals surface area contributed by atoms with Gasteiger partial charge >= 0.3 is 0 Å². The Labute approximate surface area is 178 Å². The number of guanidine groups is 1. The minimum Gasteiger partial charge on any atom is -0.326 e. The highest BCUT2D eigenvalue weighted by molar-refractivity contribution is 6.37. The highest BCUT2D eigenvalue weighted by atomic mass is 35.5. The number of hydrogen-bond donors (Lipinski definition) is 2. The van der Waals surface area contributed by atoms with Gasteiger partial charge in [-0.15, -0.1) is 0 Å². The molecule has 7 heteroatoms. The van der Waals surface area contributed by atoms with Gasteiger partial charge in [-0.2, -0.15) is 0 Å². The Bertz CT molecular complexity index is 990. The minimum absolute atomic E-state index is 0.263. The van der Waals surface area contributed by atoms with Crippen LogP contribution in [0.4, 0.5) is 5.69 Å². The van der Waals surface area contributed by atoms with Crippen LogP contribution in [0.3, 0.4) is 0 Å². The molecule has 0 spiro atoms. The summed E-state index contributed by atoms with van der Waals surface area (Å²) in [5.74, 6) is -0.0999. The van der Waals surface area contributed by atoms with E-state index in [0.717, 1.165) is 11.3 Å². The molecular formula is C21H16Cl3N3O. The van der Waals surface area contributed by atoms with E-state index in [1.54, 1.807) is 36.4 Å². The Balaban J connectivity index is 1.82. The number of aliphatic imine (C=N–C) groups is 1. The molecule has 0 bridgehead atoms.